The first kappa shape index (κ1) is 22.0. The molecule has 3 rings (SSSR count). The van der Waals surface area contributed by atoms with Gasteiger partial charge in [0.1, 0.15) is 0 Å². The topological polar surface area (TPSA) is 64.4 Å². The molecule has 0 unspecified atom stereocenters. The Bertz CT molecular complexity index is 1070. The van der Waals surface area contributed by atoms with E-state index in [1.165, 1.54) is 11.0 Å². The smallest absolute Gasteiger partial charge is 0.331 e. The highest BCUT2D eigenvalue weighted by Crippen LogP contribution is 2.24. The number of aryl methyl sites for hydroxylation is 1. The Hall–Kier alpha value is -3.67. The fraction of sp³-hybridized carbons (Fsp3) is 0.240. The van der Waals surface area contributed by atoms with Crippen molar-refractivity contribution in [3.8, 4) is 11.3 Å². The molecule has 0 N–H and O–H groups in total. The molecule has 0 aliphatic carbocycles. The molecule has 0 saturated carbocycles. The summed E-state index contributed by atoms with van der Waals surface area (Å²) in [6.45, 7) is 4.21. The van der Waals surface area contributed by atoms with E-state index in [4.69, 9.17) is 9.84 Å². The quantitative estimate of drug-likeness (QED) is 0.431. The van der Waals surface area contributed by atoms with E-state index in [2.05, 4.69) is 0 Å². The van der Waals surface area contributed by atoms with Gasteiger partial charge in [0.15, 0.2) is 6.10 Å². The number of aromatic nitrogens is 2. The van der Waals surface area contributed by atoms with Crippen LogP contribution in [-0.4, -0.2) is 46.8 Å². The lowest BCUT2D eigenvalue weighted by Crippen LogP contribution is -2.34. The van der Waals surface area contributed by atoms with Gasteiger partial charge in [-0.25, -0.2) is 4.79 Å². The predicted octanol–water partition coefficient (Wildman–Crippen LogP) is 3.94. The maximum atomic E-state index is 12.2. The van der Waals surface area contributed by atoms with Crippen molar-refractivity contribution in [3.05, 3.63) is 83.6 Å². The zero-order valence-corrected chi connectivity index (χ0v) is 18.3. The number of amides is 1. The SMILES string of the molecule is Cc1ccc(-c2nn(Cc3ccccc3)cc2/C=C/C(=O)O[C@@H](C)C(=O)N(C)C)cc1. The second-order valence-electron chi connectivity index (χ2n) is 7.63. The van der Waals surface area contributed by atoms with Gasteiger partial charge < -0.3 is 9.64 Å². The fourth-order valence-corrected chi connectivity index (χ4v) is 3.13. The molecule has 0 bridgehead atoms. The highest BCUT2D eigenvalue weighted by molar-refractivity contribution is 5.91. The normalized spacial score (nSPS) is 12.0. The maximum Gasteiger partial charge on any atom is 0.331 e. The number of likely N-dealkylation sites (N-methyl/N-ethyl adjacent to an activating group) is 1. The lowest BCUT2D eigenvalue weighted by Gasteiger charge is -2.16. The minimum atomic E-state index is -0.843. The van der Waals surface area contributed by atoms with Crippen LogP contribution in [0, 0.1) is 6.92 Å². The molecule has 2 aromatic carbocycles. The summed E-state index contributed by atoms with van der Waals surface area (Å²) in [5.74, 6) is -0.842. The van der Waals surface area contributed by atoms with Gasteiger partial charge in [-0.3, -0.25) is 9.48 Å². The number of ether oxygens (including phenoxy) is 1. The molecular formula is C25H27N3O3. The second kappa shape index (κ2) is 9.89. The Labute approximate surface area is 182 Å². The van der Waals surface area contributed by atoms with Crippen LogP contribution in [0.4, 0.5) is 0 Å². The lowest BCUT2D eigenvalue weighted by atomic mass is 10.1. The van der Waals surface area contributed by atoms with Gasteiger partial charge in [-0.05, 0) is 25.5 Å². The third kappa shape index (κ3) is 5.92. The summed E-state index contributed by atoms with van der Waals surface area (Å²) < 4.78 is 7.07. The van der Waals surface area contributed by atoms with Crippen molar-refractivity contribution in [1.29, 1.82) is 0 Å². The third-order valence-corrected chi connectivity index (χ3v) is 4.78. The van der Waals surface area contributed by atoms with E-state index < -0.39 is 12.1 Å². The van der Waals surface area contributed by atoms with Crippen LogP contribution in [0.25, 0.3) is 17.3 Å². The molecule has 0 fully saturated rings. The number of benzene rings is 2. The van der Waals surface area contributed by atoms with Crippen LogP contribution >= 0.6 is 0 Å². The molecule has 1 amide bonds. The molecule has 3 aromatic rings. The Morgan fingerprint density at radius 1 is 1.10 bits per heavy atom. The molecular weight excluding hydrogens is 390 g/mol. The lowest BCUT2D eigenvalue weighted by molar-refractivity contribution is -0.153. The van der Waals surface area contributed by atoms with E-state index in [1.807, 2.05) is 72.4 Å². The van der Waals surface area contributed by atoms with E-state index in [9.17, 15) is 9.59 Å². The van der Waals surface area contributed by atoms with Crippen LogP contribution in [0.2, 0.25) is 0 Å². The van der Waals surface area contributed by atoms with Crippen LogP contribution in [-0.2, 0) is 20.9 Å². The van der Waals surface area contributed by atoms with E-state index in [1.54, 1.807) is 27.1 Å². The van der Waals surface area contributed by atoms with Crippen molar-refractivity contribution in [3.63, 3.8) is 0 Å². The Kier molecular flexibility index (Phi) is 7.03. The molecule has 160 valence electrons. The van der Waals surface area contributed by atoms with E-state index in [0.717, 1.165) is 27.9 Å². The molecule has 1 aromatic heterocycles. The molecule has 6 nitrogen and oxygen atoms in total. The first-order valence-corrected chi connectivity index (χ1v) is 10.1. The number of carbonyl (C=O) groups excluding carboxylic acids is 2. The first-order valence-electron chi connectivity index (χ1n) is 10.1. The van der Waals surface area contributed by atoms with Crippen LogP contribution in [0.5, 0.6) is 0 Å². The number of esters is 1. The minimum Gasteiger partial charge on any atom is -0.449 e. The van der Waals surface area contributed by atoms with Gasteiger partial charge in [0.2, 0.25) is 0 Å². The average Bonchev–Trinajstić information content (AvgIpc) is 3.15. The molecule has 0 aliphatic rings. The number of nitrogens with zero attached hydrogens (tertiary/aromatic N) is 3. The Morgan fingerprint density at radius 3 is 2.42 bits per heavy atom. The zero-order chi connectivity index (χ0) is 22.4. The van der Waals surface area contributed by atoms with Gasteiger partial charge in [0, 0.05) is 37.5 Å². The van der Waals surface area contributed by atoms with E-state index in [0.29, 0.717) is 6.54 Å². The van der Waals surface area contributed by atoms with Crippen molar-refractivity contribution in [2.75, 3.05) is 14.1 Å². The van der Waals surface area contributed by atoms with Gasteiger partial charge in [0.25, 0.3) is 5.91 Å². The zero-order valence-electron chi connectivity index (χ0n) is 18.3. The Morgan fingerprint density at radius 2 is 1.77 bits per heavy atom. The predicted molar refractivity (Wildman–Crippen MR) is 121 cm³/mol. The molecule has 6 heteroatoms. The first-order chi connectivity index (χ1) is 14.8. The Balaban J connectivity index is 1.84. The third-order valence-electron chi connectivity index (χ3n) is 4.78. The van der Waals surface area contributed by atoms with Crippen molar-refractivity contribution in [2.24, 2.45) is 0 Å². The second-order valence-corrected chi connectivity index (χ2v) is 7.63. The number of hydrogen-bond acceptors (Lipinski definition) is 4. The summed E-state index contributed by atoms with van der Waals surface area (Å²) in [7, 11) is 3.25. The summed E-state index contributed by atoms with van der Waals surface area (Å²) in [6.07, 6.45) is 4.07. The molecule has 0 spiro atoms. The summed E-state index contributed by atoms with van der Waals surface area (Å²) in [5.41, 5.74) is 4.82. The van der Waals surface area contributed by atoms with Gasteiger partial charge in [-0.15, -0.1) is 0 Å². The molecule has 0 saturated heterocycles. The van der Waals surface area contributed by atoms with Gasteiger partial charge in [-0.1, -0.05) is 60.2 Å². The summed E-state index contributed by atoms with van der Waals surface area (Å²) in [5, 5.41) is 4.75. The maximum absolute atomic E-state index is 12.2. The highest BCUT2D eigenvalue weighted by atomic mass is 16.5. The van der Waals surface area contributed by atoms with Crippen molar-refractivity contribution in [2.45, 2.75) is 26.5 Å². The van der Waals surface area contributed by atoms with Gasteiger partial charge in [0.05, 0.1) is 12.2 Å². The molecule has 0 radical (unpaired) electrons. The van der Waals surface area contributed by atoms with Crippen molar-refractivity contribution >= 4 is 18.0 Å². The van der Waals surface area contributed by atoms with Crippen LogP contribution < -0.4 is 0 Å². The number of hydrogen-bond donors (Lipinski definition) is 0. The van der Waals surface area contributed by atoms with E-state index >= 15 is 0 Å². The standard InChI is InChI=1S/C25H27N3O3/c1-18-10-12-21(13-11-18)24-22(14-15-23(29)31-19(2)25(30)27(3)4)17-28(26-24)16-20-8-6-5-7-9-20/h5-15,17,19H,16H2,1-4H3/b15-14+/t19-/m0/s1. The highest BCUT2D eigenvalue weighted by Gasteiger charge is 2.18. The summed E-state index contributed by atoms with van der Waals surface area (Å²) >= 11 is 0. The minimum absolute atomic E-state index is 0.266. The van der Waals surface area contributed by atoms with Crippen LogP contribution in [0.15, 0.2) is 66.9 Å². The molecule has 1 heterocycles. The summed E-state index contributed by atoms with van der Waals surface area (Å²) in [6, 6.07) is 18.1. The number of rotatable bonds is 7. The molecule has 1 atom stereocenters. The molecule has 0 aliphatic heterocycles. The largest absolute Gasteiger partial charge is 0.449 e. The van der Waals surface area contributed by atoms with Crippen molar-refractivity contribution < 1.29 is 14.3 Å². The average molecular weight is 418 g/mol. The number of carbonyl (C=O) groups is 2. The van der Waals surface area contributed by atoms with Gasteiger partial charge in [-0.2, -0.15) is 5.10 Å². The van der Waals surface area contributed by atoms with Crippen molar-refractivity contribution in [1.82, 2.24) is 14.7 Å². The van der Waals surface area contributed by atoms with E-state index in [-0.39, 0.29) is 5.91 Å². The van der Waals surface area contributed by atoms with Gasteiger partial charge >= 0.3 is 5.97 Å². The summed E-state index contributed by atoms with van der Waals surface area (Å²) in [4.78, 5) is 25.5. The fourth-order valence-electron chi connectivity index (χ4n) is 3.13. The van der Waals surface area contributed by atoms with Crippen LogP contribution in [0.1, 0.15) is 23.6 Å². The van der Waals surface area contributed by atoms with Crippen LogP contribution in [0.3, 0.4) is 0 Å². The molecule has 31 heavy (non-hydrogen) atoms. The monoisotopic (exact) mass is 417 g/mol.